The van der Waals surface area contributed by atoms with Gasteiger partial charge in [-0.2, -0.15) is 0 Å². The first-order chi connectivity index (χ1) is 10.7. The summed E-state index contributed by atoms with van der Waals surface area (Å²) in [7, 11) is 0. The number of hydrogen-bond acceptors (Lipinski definition) is 2. The minimum absolute atomic E-state index is 0.118. The van der Waals surface area contributed by atoms with Crippen LogP contribution in [0.4, 0.5) is 0 Å². The first kappa shape index (κ1) is 18.9. The van der Waals surface area contributed by atoms with Crippen molar-refractivity contribution in [1.29, 1.82) is 0 Å². The molecule has 0 spiro atoms. The van der Waals surface area contributed by atoms with Gasteiger partial charge >= 0.3 is 0 Å². The summed E-state index contributed by atoms with van der Waals surface area (Å²) in [4.78, 5) is 24.6. The van der Waals surface area contributed by atoms with Gasteiger partial charge in [0, 0.05) is 12.8 Å². The molecule has 1 aliphatic carbocycles. The van der Waals surface area contributed by atoms with E-state index in [1.54, 1.807) is 6.08 Å². The van der Waals surface area contributed by atoms with E-state index in [0.29, 0.717) is 25.7 Å². The highest BCUT2D eigenvalue weighted by Crippen LogP contribution is 2.37. The Morgan fingerprint density at radius 2 is 1.59 bits per heavy atom. The fourth-order valence-electron chi connectivity index (χ4n) is 3.27. The third-order valence-corrected chi connectivity index (χ3v) is 4.73. The number of hydrogen-bond donors (Lipinski definition) is 0. The van der Waals surface area contributed by atoms with Crippen molar-refractivity contribution < 1.29 is 9.59 Å². The van der Waals surface area contributed by atoms with Crippen molar-refractivity contribution in [1.82, 2.24) is 0 Å². The Kier molecular flexibility index (Phi) is 9.03. The topological polar surface area (TPSA) is 34.1 Å². The monoisotopic (exact) mass is 304 g/mol. The quantitative estimate of drug-likeness (QED) is 0.284. The summed E-state index contributed by atoms with van der Waals surface area (Å²) in [6, 6.07) is 0. The molecule has 22 heavy (non-hydrogen) atoms. The molecule has 0 radical (unpaired) electrons. The predicted molar refractivity (Wildman–Crippen MR) is 92.9 cm³/mol. The van der Waals surface area contributed by atoms with Crippen molar-refractivity contribution in [2.24, 2.45) is 5.41 Å². The Hall–Kier alpha value is -1.18. The predicted octanol–water partition coefficient (Wildman–Crippen LogP) is 5.57. The summed E-state index contributed by atoms with van der Waals surface area (Å²) in [5, 5.41) is 0. The number of unbranched alkanes of at least 4 members (excludes halogenated alkanes) is 6. The zero-order valence-corrected chi connectivity index (χ0v) is 14.2. The standard InChI is InChI=1S/C20H32O2/c1-3-5-6-7-8-9-10-11-12-17-20(16-4-2)18(21)14-13-15-19(20)22/h4,11-12H,2-3,5-10,13-17H2,1H3/b12-11+. The molecule has 0 saturated heterocycles. The van der Waals surface area contributed by atoms with Crippen molar-refractivity contribution in [3.05, 3.63) is 24.8 Å². The van der Waals surface area contributed by atoms with Crippen LogP contribution in [-0.2, 0) is 9.59 Å². The molecule has 2 nitrogen and oxygen atoms in total. The van der Waals surface area contributed by atoms with Crippen LogP contribution in [0.1, 0.15) is 84.0 Å². The van der Waals surface area contributed by atoms with Crippen LogP contribution in [0.15, 0.2) is 24.8 Å². The van der Waals surface area contributed by atoms with Crippen LogP contribution in [0.2, 0.25) is 0 Å². The average molecular weight is 304 g/mol. The lowest BCUT2D eigenvalue weighted by Crippen LogP contribution is -2.41. The molecule has 0 aromatic rings. The van der Waals surface area contributed by atoms with Crippen LogP contribution in [-0.4, -0.2) is 11.6 Å². The van der Waals surface area contributed by atoms with Crippen molar-refractivity contribution >= 4 is 11.6 Å². The lowest BCUT2D eigenvalue weighted by molar-refractivity contribution is -0.143. The molecule has 1 aliphatic rings. The van der Waals surface area contributed by atoms with E-state index in [0.717, 1.165) is 12.8 Å². The molecule has 0 heterocycles. The van der Waals surface area contributed by atoms with Crippen molar-refractivity contribution in [3.63, 3.8) is 0 Å². The maximum atomic E-state index is 12.3. The molecule has 124 valence electrons. The number of carbonyl (C=O) groups excluding carboxylic acids is 2. The van der Waals surface area contributed by atoms with Crippen LogP contribution in [0.25, 0.3) is 0 Å². The Balaban J connectivity index is 2.38. The molecule has 0 aromatic heterocycles. The summed E-state index contributed by atoms with van der Waals surface area (Å²) < 4.78 is 0. The summed E-state index contributed by atoms with van der Waals surface area (Å²) >= 11 is 0. The molecule has 1 rings (SSSR count). The number of ketones is 2. The van der Waals surface area contributed by atoms with Gasteiger partial charge in [0.2, 0.25) is 0 Å². The fraction of sp³-hybridized carbons (Fsp3) is 0.700. The molecule has 0 aliphatic heterocycles. The van der Waals surface area contributed by atoms with Gasteiger partial charge in [-0.25, -0.2) is 0 Å². The molecule has 0 aromatic carbocycles. The van der Waals surface area contributed by atoms with Gasteiger partial charge in [-0.15, -0.1) is 6.58 Å². The maximum absolute atomic E-state index is 12.3. The number of carbonyl (C=O) groups is 2. The Bertz CT molecular complexity index is 377. The summed E-state index contributed by atoms with van der Waals surface area (Å²) in [6.07, 6.45) is 17.6. The summed E-state index contributed by atoms with van der Waals surface area (Å²) in [5.41, 5.74) is -0.794. The first-order valence-corrected chi connectivity index (χ1v) is 9.00. The highest BCUT2D eigenvalue weighted by molar-refractivity contribution is 6.09. The van der Waals surface area contributed by atoms with E-state index in [1.807, 2.05) is 0 Å². The molecule has 0 bridgehead atoms. The van der Waals surface area contributed by atoms with E-state index >= 15 is 0 Å². The van der Waals surface area contributed by atoms with E-state index in [4.69, 9.17) is 0 Å². The van der Waals surface area contributed by atoms with E-state index < -0.39 is 5.41 Å². The highest BCUT2D eigenvalue weighted by Gasteiger charge is 2.44. The Morgan fingerprint density at radius 1 is 0.955 bits per heavy atom. The third-order valence-electron chi connectivity index (χ3n) is 4.73. The Labute approximate surface area is 136 Å². The van der Waals surface area contributed by atoms with E-state index in [-0.39, 0.29) is 11.6 Å². The summed E-state index contributed by atoms with van der Waals surface area (Å²) in [5.74, 6) is 0.237. The molecule has 0 atom stereocenters. The molecule has 0 N–H and O–H groups in total. The van der Waals surface area contributed by atoms with Crippen LogP contribution < -0.4 is 0 Å². The fourth-order valence-corrected chi connectivity index (χ4v) is 3.27. The van der Waals surface area contributed by atoms with Gasteiger partial charge in [0.05, 0.1) is 5.41 Å². The van der Waals surface area contributed by atoms with E-state index in [2.05, 4.69) is 25.7 Å². The first-order valence-electron chi connectivity index (χ1n) is 9.00. The number of rotatable bonds is 11. The van der Waals surface area contributed by atoms with E-state index in [1.165, 1.54) is 38.5 Å². The molecular formula is C20H32O2. The summed E-state index contributed by atoms with van der Waals surface area (Å²) in [6.45, 7) is 5.97. The van der Waals surface area contributed by atoms with Crippen LogP contribution in [0.5, 0.6) is 0 Å². The second-order valence-corrected chi connectivity index (χ2v) is 6.51. The highest BCUT2D eigenvalue weighted by atomic mass is 16.2. The molecular weight excluding hydrogens is 272 g/mol. The third kappa shape index (κ3) is 5.55. The van der Waals surface area contributed by atoms with Gasteiger partial charge in [-0.3, -0.25) is 9.59 Å². The second-order valence-electron chi connectivity index (χ2n) is 6.51. The zero-order valence-electron chi connectivity index (χ0n) is 14.2. The molecule has 1 fully saturated rings. The molecule has 1 saturated carbocycles. The minimum atomic E-state index is -0.794. The van der Waals surface area contributed by atoms with Gasteiger partial charge in [0.25, 0.3) is 0 Å². The van der Waals surface area contributed by atoms with Crippen LogP contribution >= 0.6 is 0 Å². The van der Waals surface area contributed by atoms with Gasteiger partial charge in [0.15, 0.2) is 0 Å². The van der Waals surface area contributed by atoms with Gasteiger partial charge in [0.1, 0.15) is 11.6 Å². The number of allylic oxidation sites excluding steroid dienone is 3. The zero-order chi connectivity index (χ0) is 16.3. The second kappa shape index (κ2) is 10.5. The van der Waals surface area contributed by atoms with Gasteiger partial charge in [-0.1, -0.05) is 57.3 Å². The molecule has 2 heteroatoms. The van der Waals surface area contributed by atoms with Crippen LogP contribution in [0, 0.1) is 5.41 Å². The lowest BCUT2D eigenvalue weighted by Gasteiger charge is -2.32. The minimum Gasteiger partial charge on any atom is -0.299 e. The Morgan fingerprint density at radius 3 is 2.23 bits per heavy atom. The molecule has 0 unspecified atom stereocenters. The van der Waals surface area contributed by atoms with Gasteiger partial charge in [-0.05, 0) is 32.1 Å². The number of Topliss-reactive ketones (excluding diaryl/α,β-unsaturated/α-hetero) is 2. The smallest absolute Gasteiger partial charge is 0.147 e. The van der Waals surface area contributed by atoms with Crippen molar-refractivity contribution in [3.8, 4) is 0 Å². The lowest BCUT2D eigenvalue weighted by atomic mass is 9.67. The normalized spacial score (nSPS) is 18.0. The SMILES string of the molecule is C=CCC1(C/C=C/CCCCCCCC)C(=O)CCCC1=O. The average Bonchev–Trinajstić information content (AvgIpc) is 2.50. The van der Waals surface area contributed by atoms with Crippen molar-refractivity contribution in [2.45, 2.75) is 84.0 Å². The van der Waals surface area contributed by atoms with E-state index in [9.17, 15) is 9.59 Å². The van der Waals surface area contributed by atoms with Crippen molar-refractivity contribution in [2.75, 3.05) is 0 Å². The maximum Gasteiger partial charge on any atom is 0.147 e. The molecule has 0 amide bonds. The van der Waals surface area contributed by atoms with Gasteiger partial charge < -0.3 is 0 Å². The van der Waals surface area contributed by atoms with Crippen LogP contribution in [0.3, 0.4) is 0 Å². The largest absolute Gasteiger partial charge is 0.299 e.